The average molecular weight is 344 g/mol. The van der Waals surface area contributed by atoms with Crippen LogP contribution in [0.4, 0.5) is 4.39 Å². The molecule has 20 heavy (non-hydrogen) atoms. The van der Waals surface area contributed by atoms with Gasteiger partial charge >= 0.3 is 5.97 Å². The highest BCUT2D eigenvalue weighted by molar-refractivity contribution is 9.10. The first-order valence-corrected chi connectivity index (χ1v) is 7.18. The highest BCUT2D eigenvalue weighted by Crippen LogP contribution is 2.25. The normalized spacial score (nSPS) is 22.6. The zero-order valence-electron chi connectivity index (χ0n) is 11.0. The zero-order valence-corrected chi connectivity index (χ0v) is 12.6. The van der Waals surface area contributed by atoms with E-state index in [4.69, 9.17) is 5.11 Å². The van der Waals surface area contributed by atoms with Crippen molar-refractivity contribution in [2.75, 3.05) is 6.54 Å². The Morgan fingerprint density at radius 1 is 1.45 bits per heavy atom. The molecule has 1 aromatic carbocycles. The first-order chi connectivity index (χ1) is 9.40. The molecule has 1 aliphatic heterocycles. The van der Waals surface area contributed by atoms with E-state index in [0.717, 1.165) is 0 Å². The number of hydrogen-bond acceptors (Lipinski definition) is 2. The minimum atomic E-state index is -0.821. The van der Waals surface area contributed by atoms with Gasteiger partial charge in [-0.15, -0.1) is 0 Å². The van der Waals surface area contributed by atoms with Crippen LogP contribution in [0.1, 0.15) is 30.1 Å². The summed E-state index contributed by atoms with van der Waals surface area (Å²) < 4.78 is 13.8. The van der Waals surface area contributed by atoms with E-state index in [9.17, 15) is 14.0 Å². The number of carboxylic acid groups (broad SMARTS) is 1. The second kappa shape index (κ2) is 5.91. The molecule has 0 radical (unpaired) electrons. The van der Waals surface area contributed by atoms with Crippen molar-refractivity contribution in [1.29, 1.82) is 0 Å². The van der Waals surface area contributed by atoms with Crippen LogP contribution in [0.2, 0.25) is 0 Å². The SMILES string of the molecule is CC1CC(C(=O)O)CCN1C(=O)c1ccc(Br)c(F)c1. The molecule has 2 atom stereocenters. The molecule has 6 heteroatoms. The van der Waals surface area contributed by atoms with Crippen molar-refractivity contribution in [3.8, 4) is 0 Å². The summed E-state index contributed by atoms with van der Waals surface area (Å²) in [5.41, 5.74) is 0.284. The van der Waals surface area contributed by atoms with E-state index in [1.807, 2.05) is 6.92 Å². The van der Waals surface area contributed by atoms with Gasteiger partial charge in [-0.05, 0) is 53.9 Å². The molecule has 1 saturated heterocycles. The maximum atomic E-state index is 13.5. The number of amides is 1. The van der Waals surface area contributed by atoms with E-state index >= 15 is 0 Å². The zero-order chi connectivity index (χ0) is 14.9. The minimum absolute atomic E-state index is 0.163. The maximum absolute atomic E-state index is 13.5. The van der Waals surface area contributed by atoms with Gasteiger partial charge in [-0.25, -0.2) is 4.39 Å². The Labute approximate surface area is 124 Å². The minimum Gasteiger partial charge on any atom is -0.481 e. The molecule has 1 heterocycles. The van der Waals surface area contributed by atoms with Crippen molar-refractivity contribution in [2.45, 2.75) is 25.8 Å². The van der Waals surface area contributed by atoms with Crippen LogP contribution in [0.25, 0.3) is 0 Å². The van der Waals surface area contributed by atoms with E-state index in [2.05, 4.69) is 15.9 Å². The van der Waals surface area contributed by atoms with Gasteiger partial charge in [0.1, 0.15) is 5.82 Å². The number of rotatable bonds is 2. The lowest BCUT2D eigenvalue weighted by atomic mass is 9.91. The highest BCUT2D eigenvalue weighted by atomic mass is 79.9. The third kappa shape index (κ3) is 3.00. The van der Waals surface area contributed by atoms with Crippen LogP contribution in [0.3, 0.4) is 0 Å². The number of piperidine rings is 1. The van der Waals surface area contributed by atoms with Crippen LogP contribution in [-0.2, 0) is 4.79 Å². The third-order valence-corrected chi connectivity index (χ3v) is 4.30. The Balaban J connectivity index is 2.13. The smallest absolute Gasteiger partial charge is 0.306 e. The summed E-state index contributed by atoms with van der Waals surface area (Å²) in [5, 5.41) is 9.01. The molecule has 1 amide bonds. The van der Waals surface area contributed by atoms with Gasteiger partial charge in [0, 0.05) is 18.2 Å². The molecule has 0 bridgehead atoms. The van der Waals surface area contributed by atoms with E-state index in [-0.39, 0.29) is 17.5 Å². The van der Waals surface area contributed by atoms with Gasteiger partial charge in [-0.3, -0.25) is 9.59 Å². The van der Waals surface area contributed by atoms with Crippen molar-refractivity contribution in [3.05, 3.63) is 34.1 Å². The number of likely N-dealkylation sites (tertiary alicyclic amines) is 1. The summed E-state index contributed by atoms with van der Waals surface area (Å²) in [7, 11) is 0. The number of benzene rings is 1. The quantitative estimate of drug-likeness (QED) is 0.898. The van der Waals surface area contributed by atoms with Crippen LogP contribution in [0.15, 0.2) is 22.7 Å². The molecule has 0 aliphatic carbocycles. The van der Waals surface area contributed by atoms with Crippen molar-refractivity contribution in [2.24, 2.45) is 5.92 Å². The number of aliphatic carboxylic acids is 1. The Bertz CT molecular complexity index is 549. The summed E-state index contributed by atoms with van der Waals surface area (Å²) in [6.45, 7) is 2.21. The molecule has 1 aliphatic rings. The standard InChI is InChI=1S/C14H15BrFNO3/c1-8-6-10(14(19)20)4-5-17(8)13(18)9-2-3-11(15)12(16)7-9/h2-3,7-8,10H,4-6H2,1H3,(H,19,20). The monoisotopic (exact) mass is 343 g/mol. The molecular weight excluding hydrogens is 329 g/mol. The summed E-state index contributed by atoms with van der Waals surface area (Å²) >= 11 is 3.04. The van der Waals surface area contributed by atoms with Gasteiger partial charge in [0.25, 0.3) is 5.91 Å². The molecule has 2 rings (SSSR count). The van der Waals surface area contributed by atoms with Crippen LogP contribution < -0.4 is 0 Å². The lowest BCUT2D eigenvalue weighted by Gasteiger charge is -2.36. The molecule has 0 saturated carbocycles. The van der Waals surface area contributed by atoms with E-state index < -0.39 is 17.7 Å². The van der Waals surface area contributed by atoms with E-state index in [1.165, 1.54) is 12.1 Å². The molecule has 108 valence electrons. The number of hydrogen-bond donors (Lipinski definition) is 1. The first kappa shape index (κ1) is 15.0. The average Bonchev–Trinajstić information content (AvgIpc) is 2.41. The number of halogens is 2. The molecule has 2 unspecified atom stereocenters. The predicted octanol–water partition coefficient (Wildman–Crippen LogP) is 2.91. The summed E-state index contributed by atoms with van der Waals surface area (Å²) in [6.07, 6.45) is 0.866. The maximum Gasteiger partial charge on any atom is 0.306 e. The Morgan fingerprint density at radius 3 is 2.70 bits per heavy atom. The van der Waals surface area contributed by atoms with Gasteiger partial charge in [-0.2, -0.15) is 0 Å². The molecule has 1 aromatic rings. The van der Waals surface area contributed by atoms with Crippen molar-refractivity contribution in [3.63, 3.8) is 0 Å². The molecule has 0 spiro atoms. The molecule has 1 fully saturated rings. The molecule has 4 nitrogen and oxygen atoms in total. The number of carbonyl (C=O) groups is 2. The summed E-state index contributed by atoms with van der Waals surface area (Å²) in [5.74, 6) is -1.97. The van der Waals surface area contributed by atoms with Crippen molar-refractivity contribution < 1.29 is 19.1 Å². The van der Waals surface area contributed by atoms with Gasteiger partial charge in [-0.1, -0.05) is 0 Å². The van der Waals surface area contributed by atoms with Gasteiger partial charge in [0.05, 0.1) is 10.4 Å². The van der Waals surface area contributed by atoms with Gasteiger partial charge in [0.15, 0.2) is 0 Å². The summed E-state index contributed by atoms with van der Waals surface area (Å²) in [6, 6.07) is 4.09. The summed E-state index contributed by atoms with van der Waals surface area (Å²) in [4.78, 5) is 24.9. The second-order valence-electron chi connectivity index (χ2n) is 5.04. The first-order valence-electron chi connectivity index (χ1n) is 6.39. The van der Waals surface area contributed by atoms with Crippen molar-refractivity contribution in [1.82, 2.24) is 4.90 Å². The van der Waals surface area contributed by atoms with Crippen molar-refractivity contribution >= 4 is 27.8 Å². The van der Waals surface area contributed by atoms with Crippen LogP contribution in [0, 0.1) is 11.7 Å². The van der Waals surface area contributed by atoms with Crippen LogP contribution >= 0.6 is 15.9 Å². The Kier molecular flexibility index (Phi) is 4.42. The van der Waals surface area contributed by atoms with Crippen LogP contribution in [0.5, 0.6) is 0 Å². The number of carbonyl (C=O) groups excluding carboxylic acids is 1. The lowest BCUT2D eigenvalue weighted by molar-refractivity contribution is -0.143. The van der Waals surface area contributed by atoms with Gasteiger partial charge < -0.3 is 10.0 Å². The topological polar surface area (TPSA) is 57.6 Å². The molecule has 1 N–H and O–H groups in total. The fourth-order valence-electron chi connectivity index (χ4n) is 2.49. The van der Waals surface area contributed by atoms with Crippen LogP contribution in [-0.4, -0.2) is 34.5 Å². The Hall–Kier alpha value is -1.43. The fourth-order valence-corrected chi connectivity index (χ4v) is 2.74. The van der Waals surface area contributed by atoms with Gasteiger partial charge in [0.2, 0.25) is 0 Å². The van der Waals surface area contributed by atoms with E-state index in [0.29, 0.717) is 23.9 Å². The largest absolute Gasteiger partial charge is 0.481 e. The fraction of sp³-hybridized carbons (Fsp3) is 0.429. The number of nitrogens with zero attached hydrogens (tertiary/aromatic N) is 1. The Morgan fingerprint density at radius 2 is 2.15 bits per heavy atom. The number of carboxylic acids is 1. The molecular formula is C14H15BrFNO3. The highest BCUT2D eigenvalue weighted by Gasteiger charge is 2.32. The second-order valence-corrected chi connectivity index (χ2v) is 5.89. The third-order valence-electron chi connectivity index (χ3n) is 3.65. The lowest BCUT2D eigenvalue weighted by Crippen LogP contribution is -2.46. The predicted molar refractivity (Wildman–Crippen MR) is 75.0 cm³/mol. The molecule has 0 aromatic heterocycles. The van der Waals surface area contributed by atoms with E-state index in [1.54, 1.807) is 11.0 Å².